The monoisotopic (exact) mass is 580 g/mol. The summed E-state index contributed by atoms with van der Waals surface area (Å²) in [5.41, 5.74) is 1.58. The van der Waals surface area contributed by atoms with E-state index in [1.807, 2.05) is 13.8 Å². The number of carbonyl (C=O) groups is 2. The molecule has 3 aromatic rings. The summed E-state index contributed by atoms with van der Waals surface area (Å²) >= 11 is 7.02. The van der Waals surface area contributed by atoms with Crippen LogP contribution in [0.3, 0.4) is 0 Å². The molecule has 0 atom stereocenters. The fourth-order valence-corrected chi connectivity index (χ4v) is 6.37. The number of ether oxygens (including phenoxy) is 3. The molecule has 0 aliphatic carbocycles. The normalized spacial score (nSPS) is 11.1. The third-order valence-corrected chi connectivity index (χ3v) is 8.60. The van der Waals surface area contributed by atoms with Crippen molar-refractivity contribution < 1.29 is 32.2 Å². The van der Waals surface area contributed by atoms with Crippen molar-refractivity contribution in [2.24, 2.45) is 0 Å². The van der Waals surface area contributed by atoms with Gasteiger partial charge in [-0.1, -0.05) is 17.7 Å². The summed E-state index contributed by atoms with van der Waals surface area (Å²) in [6, 6.07) is 10.7. The zero-order valence-electron chi connectivity index (χ0n) is 21.7. The Balaban J connectivity index is 1.95. The maximum Gasteiger partial charge on any atom is 0.338 e. The topological polar surface area (TPSA) is 111 Å². The lowest BCUT2D eigenvalue weighted by Crippen LogP contribution is -2.28. The summed E-state index contributed by atoms with van der Waals surface area (Å²) in [6.45, 7) is 8.07. The van der Waals surface area contributed by atoms with Gasteiger partial charge in [0.05, 0.1) is 35.4 Å². The third-order valence-electron chi connectivity index (χ3n) is 5.40. The standard InChI is InChI=1S/C26H29ClN2O7S2/c1-6-34-20-12-11-18(14-21(20)35-7-2)29(5)38(32,33)22-15-23(27)37-24(22)25(30)28-19-13-17(10-9-16(19)4)26(31)36-8-3/h9-15H,6-8H2,1-5H3,(H,28,30). The van der Waals surface area contributed by atoms with E-state index < -0.39 is 21.9 Å². The first-order chi connectivity index (χ1) is 18.0. The average Bonchev–Trinajstić information content (AvgIpc) is 3.29. The van der Waals surface area contributed by atoms with Crippen molar-refractivity contribution in [2.75, 3.05) is 36.5 Å². The van der Waals surface area contributed by atoms with Crippen LogP contribution in [-0.2, 0) is 14.8 Å². The molecule has 0 aliphatic rings. The Labute approximate surface area is 231 Å². The lowest BCUT2D eigenvalue weighted by molar-refractivity contribution is 0.0526. The quantitative estimate of drug-likeness (QED) is 0.287. The SMILES string of the molecule is CCOC(=O)c1ccc(C)c(NC(=O)c2sc(Cl)cc2S(=O)(=O)N(C)c2ccc(OCC)c(OCC)c2)c1. The number of hydrogen-bond acceptors (Lipinski definition) is 8. The van der Waals surface area contributed by atoms with Gasteiger partial charge in [-0.15, -0.1) is 11.3 Å². The van der Waals surface area contributed by atoms with E-state index in [0.717, 1.165) is 15.6 Å². The number of esters is 1. The van der Waals surface area contributed by atoms with Gasteiger partial charge in [0.2, 0.25) is 0 Å². The molecule has 0 bridgehead atoms. The summed E-state index contributed by atoms with van der Waals surface area (Å²) in [7, 11) is -2.83. The minimum Gasteiger partial charge on any atom is -0.490 e. The summed E-state index contributed by atoms with van der Waals surface area (Å²) in [5.74, 6) is -0.330. The molecule has 0 fully saturated rings. The first kappa shape index (κ1) is 29.3. The first-order valence-electron chi connectivity index (χ1n) is 11.8. The number of sulfonamides is 1. The fourth-order valence-electron chi connectivity index (χ4n) is 3.49. The van der Waals surface area contributed by atoms with Crippen LogP contribution in [0.5, 0.6) is 11.5 Å². The Bertz CT molecular complexity index is 1440. The minimum atomic E-state index is -4.21. The van der Waals surface area contributed by atoms with Gasteiger partial charge in [-0.2, -0.15) is 0 Å². The fraction of sp³-hybridized carbons (Fsp3) is 0.308. The molecular weight excluding hydrogens is 552 g/mol. The molecule has 1 aromatic heterocycles. The average molecular weight is 581 g/mol. The van der Waals surface area contributed by atoms with Crippen LogP contribution in [0, 0.1) is 6.92 Å². The second kappa shape index (κ2) is 12.5. The van der Waals surface area contributed by atoms with Crippen molar-refractivity contribution in [3.63, 3.8) is 0 Å². The zero-order valence-corrected chi connectivity index (χ0v) is 24.1. The molecule has 0 unspecified atom stereocenters. The molecule has 12 heteroatoms. The van der Waals surface area contributed by atoms with Crippen molar-refractivity contribution in [3.05, 3.63) is 62.8 Å². The summed E-state index contributed by atoms with van der Waals surface area (Å²) < 4.78 is 44.7. The van der Waals surface area contributed by atoms with Gasteiger partial charge in [-0.3, -0.25) is 9.10 Å². The van der Waals surface area contributed by atoms with E-state index in [0.29, 0.717) is 41.7 Å². The molecular formula is C26H29ClN2O7S2. The molecule has 0 saturated carbocycles. The number of halogens is 1. The Morgan fingerprint density at radius 1 is 0.974 bits per heavy atom. The molecule has 1 amide bonds. The van der Waals surface area contributed by atoms with Crippen LogP contribution in [0.2, 0.25) is 4.34 Å². The van der Waals surface area contributed by atoms with E-state index >= 15 is 0 Å². The van der Waals surface area contributed by atoms with Gasteiger partial charge >= 0.3 is 5.97 Å². The molecule has 0 radical (unpaired) electrons. The number of carbonyl (C=O) groups excluding carboxylic acids is 2. The lowest BCUT2D eigenvalue weighted by Gasteiger charge is -2.21. The Hall–Kier alpha value is -3.28. The van der Waals surface area contributed by atoms with E-state index in [2.05, 4.69) is 5.32 Å². The summed E-state index contributed by atoms with van der Waals surface area (Å²) in [5, 5.41) is 2.70. The molecule has 0 saturated heterocycles. The second-order valence-corrected chi connectivity index (χ2v) is 11.5. The van der Waals surface area contributed by atoms with Crippen LogP contribution in [0.4, 0.5) is 11.4 Å². The highest BCUT2D eigenvalue weighted by molar-refractivity contribution is 7.93. The van der Waals surface area contributed by atoms with Crippen LogP contribution in [-0.4, -0.2) is 47.2 Å². The lowest BCUT2D eigenvalue weighted by atomic mass is 10.1. The molecule has 204 valence electrons. The van der Waals surface area contributed by atoms with Crippen molar-refractivity contribution >= 4 is 56.2 Å². The van der Waals surface area contributed by atoms with Crippen LogP contribution >= 0.6 is 22.9 Å². The van der Waals surface area contributed by atoms with Crippen molar-refractivity contribution in [1.82, 2.24) is 0 Å². The number of anilines is 2. The Kier molecular flexibility index (Phi) is 9.64. The maximum absolute atomic E-state index is 13.6. The Morgan fingerprint density at radius 3 is 2.32 bits per heavy atom. The van der Waals surface area contributed by atoms with E-state index in [9.17, 15) is 18.0 Å². The van der Waals surface area contributed by atoms with E-state index in [4.69, 9.17) is 25.8 Å². The van der Waals surface area contributed by atoms with Crippen molar-refractivity contribution in [2.45, 2.75) is 32.6 Å². The molecule has 9 nitrogen and oxygen atoms in total. The van der Waals surface area contributed by atoms with Crippen LogP contribution in [0.1, 0.15) is 46.4 Å². The predicted octanol–water partition coefficient (Wildman–Crippen LogP) is 5.76. The number of rotatable bonds is 11. The summed E-state index contributed by atoms with van der Waals surface area (Å²) in [6.07, 6.45) is 0. The van der Waals surface area contributed by atoms with E-state index in [1.165, 1.54) is 19.2 Å². The van der Waals surface area contributed by atoms with Crippen LogP contribution in [0.25, 0.3) is 0 Å². The number of nitrogens with one attached hydrogen (secondary N) is 1. The third kappa shape index (κ3) is 6.40. The molecule has 2 aromatic carbocycles. The molecule has 0 spiro atoms. The Morgan fingerprint density at radius 2 is 1.66 bits per heavy atom. The smallest absolute Gasteiger partial charge is 0.338 e. The molecule has 38 heavy (non-hydrogen) atoms. The highest BCUT2D eigenvalue weighted by Crippen LogP contribution is 2.37. The number of aryl methyl sites for hydroxylation is 1. The van der Waals surface area contributed by atoms with Gasteiger partial charge in [0.15, 0.2) is 11.5 Å². The maximum atomic E-state index is 13.6. The molecule has 1 N–H and O–H groups in total. The molecule has 0 aliphatic heterocycles. The van der Waals surface area contributed by atoms with Gasteiger partial charge in [0.1, 0.15) is 9.77 Å². The van der Waals surface area contributed by atoms with Crippen LogP contribution < -0.4 is 19.1 Å². The summed E-state index contributed by atoms with van der Waals surface area (Å²) in [4.78, 5) is 25.1. The van der Waals surface area contributed by atoms with Gasteiger partial charge in [-0.05, 0) is 63.6 Å². The number of hydrogen-bond donors (Lipinski definition) is 1. The van der Waals surface area contributed by atoms with Gasteiger partial charge < -0.3 is 19.5 Å². The zero-order chi connectivity index (χ0) is 28.0. The van der Waals surface area contributed by atoms with Crippen molar-refractivity contribution in [1.29, 1.82) is 0 Å². The van der Waals surface area contributed by atoms with E-state index in [1.54, 1.807) is 44.2 Å². The number of thiophene rings is 1. The second-order valence-electron chi connectivity index (χ2n) is 7.92. The number of nitrogens with zero attached hydrogens (tertiary/aromatic N) is 1. The largest absolute Gasteiger partial charge is 0.490 e. The minimum absolute atomic E-state index is 0.0984. The van der Waals surface area contributed by atoms with Crippen LogP contribution in [0.15, 0.2) is 47.4 Å². The molecule has 1 heterocycles. The number of benzene rings is 2. The number of amides is 1. The first-order valence-corrected chi connectivity index (χ1v) is 14.4. The van der Waals surface area contributed by atoms with Gasteiger partial charge in [0, 0.05) is 18.8 Å². The highest BCUT2D eigenvalue weighted by Gasteiger charge is 2.31. The van der Waals surface area contributed by atoms with E-state index in [-0.39, 0.29) is 26.3 Å². The van der Waals surface area contributed by atoms with Gasteiger partial charge in [0.25, 0.3) is 15.9 Å². The van der Waals surface area contributed by atoms with Gasteiger partial charge in [-0.25, -0.2) is 13.2 Å². The molecule has 3 rings (SSSR count). The predicted molar refractivity (Wildman–Crippen MR) is 149 cm³/mol. The van der Waals surface area contributed by atoms with Crippen molar-refractivity contribution in [3.8, 4) is 11.5 Å². The highest BCUT2D eigenvalue weighted by atomic mass is 35.5.